The third kappa shape index (κ3) is 4.21. The number of nitrogens with one attached hydrogen (secondary N) is 2. The lowest BCUT2D eigenvalue weighted by Crippen LogP contribution is -2.30. The number of H-pyrrole nitrogens is 1. The number of ether oxygens (including phenoxy) is 1. The Hall–Kier alpha value is -2.77. The highest BCUT2D eigenvalue weighted by atomic mass is 32.2. The fourth-order valence-corrected chi connectivity index (χ4v) is 4.42. The van der Waals surface area contributed by atoms with Crippen LogP contribution in [0.15, 0.2) is 71.2 Å². The number of fused-ring (bicyclic) bond motifs is 1. The summed E-state index contributed by atoms with van der Waals surface area (Å²) in [6, 6.07) is 19.6. The number of hydrogen-bond donors (Lipinski definition) is 2. The van der Waals surface area contributed by atoms with Crippen LogP contribution in [-0.4, -0.2) is 28.7 Å². The van der Waals surface area contributed by atoms with Crippen LogP contribution in [0.25, 0.3) is 11.0 Å². The molecule has 2 heterocycles. The summed E-state index contributed by atoms with van der Waals surface area (Å²) in [5.74, 6) is 1.02. The van der Waals surface area contributed by atoms with Crippen LogP contribution in [0.1, 0.15) is 16.5 Å². The maximum absolute atomic E-state index is 12.6. The van der Waals surface area contributed by atoms with E-state index in [-0.39, 0.29) is 17.7 Å². The van der Waals surface area contributed by atoms with E-state index < -0.39 is 0 Å². The van der Waals surface area contributed by atoms with Gasteiger partial charge in [0.1, 0.15) is 5.75 Å². The third-order valence-corrected chi connectivity index (χ3v) is 6.08. The van der Waals surface area contributed by atoms with Gasteiger partial charge in [-0.3, -0.25) is 4.79 Å². The summed E-state index contributed by atoms with van der Waals surface area (Å²) < 4.78 is 5.23. The molecule has 2 N–H and O–H groups in total. The minimum Gasteiger partial charge on any atom is -0.497 e. The normalized spacial score (nSPS) is 12.0. The Bertz CT molecular complexity index is 1060. The number of aromatic nitrogens is 2. The minimum atomic E-state index is -0.144. The van der Waals surface area contributed by atoms with Crippen LogP contribution in [0.3, 0.4) is 0 Å². The summed E-state index contributed by atoms with van der Waals surface area (Å²) in [6.45, 7) is 0. The maximum atomic E-state index is 12.6. The first-order chi connectivity index (χ1) is 13.7. The third-order valence-electron chi connectivity index (χ3n) is 4.27. The van der Waals surface area contributed by atoms with Gasteiger partial charge < -0.3 is 15.0 Å². The number of carbonyl (C=O) groups excluding carboxylic acids is 1. The van der Waals surface area contributed by atoms with Crippen LogP contribution in [0.4, 0.5) is 0 Å². The van der Waals surface area contributed by atoms with Crippen LogP contribution in [0, 0.1) is 0 Å². The molecule has 0 aliphatic rings. The van der Waals surface area contributed by atoms with Gasteiger partial charge in [-0.2, -0.15) is 0 Å². The Morgan fingerprint density at radius 3 is 2.82 bits per heavy atom. The minimum absolute atomic E-state index is 0.0368. The van der Waals surface area contributed by atoms with E-state index in [1.54, 1.807) is 18.4 Å². The zero-order valence-corrected chi connectivity index (χ0v) is 16.8. The molecule has 0 spiro atoms. The van der Waals surface area contributed by atoms with E-state index in [2.05, 4.69) is 15.3 Å². The van der Waals surface area contributed by atoms with Gasteiger partial charge in [0.05, 0.1) is 29.9 Å². The van der Waals surface area contributed by atoms with E-state index in [0.29, 0.717) is 5.16 Å². The van der Waals surface area contributed by atoms with Crippen molar-refractivity contribution in [2.45, 2.75) is 11.2 Å². The van der Waals surface area contributed by atoms with Crippen molar-refractivity contribution in [2.75, 3.05) is 12.9 Å². The van der Waals surface area contributed by atoms with E-state index in [0.717, 1.165) is 27.2 Å². The summed E-state index contributed by atoms with van der Waals surface area (Å²) in [5.41, 5.74) is 2.81. The van der Waals surface area contributed by atoms with Crippen molar-refractivity contribution >= 4 is 40.0 Å². The van der Waals surface area contributed by atoms with Gasteiger partial charge in [0.25, 0.3) is 0 Å². The first-order valence-corrected chi connectivity index (χ1v) is 10.6. The molecule has 0 fully saturated rings. The van der Waals surface area contributed by atoms with Crippen molar-refractivity contribution in [1.29, 1.82) is 0 Å². The Kier molecular flexibility index (Phi) is 5.64. The van der Waals surface area contributed by atoms with E-state index in [9.17, 15) is 4.79 Å². The van der Waals surface area contributed by atoms with Gasteiger partial charge in [0, 0.05) is 10.9 Å². The molecule has 1 amide bonds. The molecular formula is C21H19N3O2S2. The molecular weight excluding hydrogens is 390 g/mol. The number of aromatic amines is 1. The Morgan fingerprint density at radius 2 is 2.07 bits per heavy atom. The summed E-state index contributed by atoms with van der Waals surface area (Å²) in [7, 11) is 1.63. The number of nitrogens with zero attached hydrogens (tertiary/aromatic N) is 1. The van der Waals surface area contributed by atoms with Crippen LogP contribution >= 0.6 is 23.1 Å². The lowest BCUT2D eigenvalue weighted by Gasteiger charge is -2.17. The molecule has 1 atom stereocenters. The molecule has 7 heteroatoms. The van der Waals surface area contributed by atoms with Gasteiger partial charge in [-0.05, 0) is 29.1 Å². The first kappa shape index (κ1) is 18.6. The number of thioether (sulfide) groups is 1. The van der Waals surface area contributed by atoms with E-state index in [4.69, 9.17) is 4.74 Å². The summed E-state index contributed by atoms with van der Waals surface area (Å²) in [4.78, 5) is 21.5. The lowest BCUT2D eigenvalue weighted by molar-refractivity contribution is -0.119. The van der Waals surface area contributed by atoms with E-state index in [1.165, 1.54) is 11.8 Å². The van der Waals surface area contributed by atoms with Gasteiger partial charge >= 0.3 is 0 Å². The highest BCUT2D eigenvalue weighted by Gasteiger charge is 2.18. The smallest absolute Gasteiger partial charge is 0.231 e. The lowest BCUT2D eigenvalue weighted by atomic mass is 10.1. The second-order valence-electron chi connectivity index (χ2n) is 6.14. The number of amides is 1. The molecule has 0 radical (unpaired) electrons. The van der Waals surface area contributed by atoms with Crippen LogP contribution in [0.2, 0.25) is 0 Å². The molecule has 5 nitrogen and oxygen atoms in total. The van der Waals surface area contributed by atoms with E-state index in [1.807, 2.05) is 66.0 Å². The highest BCUT2D eigenvalue weighted by Crippen LogP contribution is 2.27. The van der Waals surface area contributed by atoms with Gasteiger partial charge in [-0.25, -0.2) is 4.98 Å². The topological polar surface area (TPSA) is 67.0 Å². The number of methoxy groups -OCH3 is 1. The zero-order valence-electron chi connectivity index (χ0n) is 15.2. The summed E-state index contributed by atoms with van der Waals surface area (Å²) in [6.07, 6.45) is 0. The van der Waals surface area contributed by atoms with Crippen LogP contribution < -0.4 is 10.1 Å². The predicted octanol–water partition coefficient (Wildman–Crippen LogP) is 4.63. The number of thiophene rings is 1. The van der Waals surface area contributed by atoms with Gasteiger partial charge in [-0.15, -0.1) is 11.3 Å². The molecule has 0 aliphatic heterocycles. The monoisotopic (exact) mass is 409 g/mol. The van der Waals surface area contributed by atoms with E-state index >= 15 is 0 Å². The van der Waals surface area contributed by atoms with Gasteiger partial charge in [0.15, 0.2) is 5.16 Å². The Labute approximate surface area is 171 Å². The Morgan fingerprint density at radius 1 is 1.21 bits per heavy atom. The van der Waals surface area contributed by atoms with Crippen LogP contribution in [-0.2, 0) is 4.79 Å². The van der Waals surface area contributed by atoms with Gasteiger partial charge in [0.2, 0.25) is 5.91 Å². The Balaban J connectivity index is 1.44. The summed E-state index contributed by atoms with van der Waals surface area (Å²) >= 11 is 3.02. The molecule has 28 heavy (non-hydrogen) atoms. The van der Waals surface area contributed by atoms with Crippen molar-refractivity contribution in [2.24, 2.45) is 0 Å². The predicted molar refractivity (Wildman–Crippen MR) is 114 cm³/mol. The fourth-order valence-electron chi connectivity index (χ4n) is 2.92. The van der Waals surface area contributed by atoms with Crippen LogP contribution in [0.5, 0.6) is 5.75 Å². The second-order valence-corrected chi connectivity index (χ2v) is 8.08. The fraction of sp³-hybridized carbons (Fsp3) is 0.143. The quantitative estimate of drug-likeness (QED) is 0.437. The molecule has 142 valence electrons. The second kappa shape index (κ2) is 8.50. The molecule has 4 rings (SSSR count). The largest absolute Gasteiger partial charge is 0.497 e. The zero-order chi connectivity index (χ0) is 19.3. The molecule has 0 saturated carbocycles. The molecule has 0 aliphatic carbocycles. The van der Waals surface area contributed by atoms with Crippen molar-refractivity contribution in [3.8, 4) is 5.75 Å². The van der Waals surface area contributed by atoms with Crippen molar-refractivity contribution in [3.05, 3.63) is 76.5 Å². The maximum Gasteiger partial charge on any atom is 0.231 e. The number of benzene rings is 2. The van der Waals surface area contributed by atoms with Crippen molar-refractivity contribution < 1.29 is 9.53 Å². The summed E-state index contributed by atoms with van der Waals surface area (Å²) in [5, 5.41) is 5.88. The number of carbonyl (C=O) groups is 1. The molecule has 4 aromatic rings. The number of imidazole rings is 1. The highest BCUT2D eigenvalue weighted by molar-refractivity contribution is 7.99. The number of rotatable bonds is 7. The SMILES string of the molecule is COc1ccc2nc(SCC(=O)N[C@@H](c3ccccc3)c3cccs3)[nH]c2c1. The van der Waals surface area contributed by atoms with Gasteiger partial charge in [-0.1, -0.05) is 48.2 Å². The molecule has 0 saturated heterocycles. The number of hydrogen-bond acceptors (Lipinski definition) is 5. The average Bonchev–Trinajstić information content (AvgIpc) is 3.40. The van der Waals surface area contributed by atoms with Crippen molar-refractivity contribution in [1.82, 2.24) is 15.3 Å². The van der Waals surface area contributed by atoms with Crippen molar-refractivity contribution in [3.63, 3.8) is 0 Å². The first-order valence-electron chi connectivity index (χ1n) is 8.77. The average molecular weight is 410 g/mol. The molecule has 2 aromatic carbocycles. The molecule has 0 bridgehead atoms. The standard InChI is InChI=1S/C21H19N3O2S2/c1-26-15-9-10-16-17(12-15)23-21(22-16)28-13-19(25)24-20(18-8-5-11-27-18)14-6-3-2-4-7-14/h2-12,20H,13H2,1H3,(H,22,23)(H,24,25)/t20-/m0/s1. The molecule has 2 aromatic heterocycles. The molecule has 0 unspecified atom stereocenters.